The molecule has 2 rings (SSSR count). The predicted octanol–water partition coefficient (Wildman–Crippen LogP) is 0.809. The number of likely N-dealkylation sites (N-methyl/N-ethyl adjacent to an activating group) is 1. The Balaban J connectivity index is 1.80. The molecule has 15 heavy (non-hydrogen) atoms. The van der Waals surface area contributed by atoms with Gasteiger partial charge in [-0.3, -0.25) is 0 Å². The summed E-state index contributed by atoms with van der Waals surface area (Å²) < 4.78 is 0. The van der Waals surface area contributed by atoms with Crippen molar-refractivity contribution in [3.8, 4) is 0 Å². The highest BCUT2D eigenvalue weighted by molar-refractivity contribution is 5.74. The van der Waals surface area contributed by atoms with Crippen molar-refractivity contribution in [2.45, 2.75) is 31.7 Å². The normalized spacial score (nSPS) is 20.5. The van der Waals surface area contributed by atoms with E-state index in [1.54, 1.807) is 11.9 Å². The topological polar surface area (TPSA) is 52.6 Å². The molecule has 0 aromatic carbocycles. The molecule has 0 aliphatic heterocycles. The Morgan fingerprint density at radius 3 is 2.33 bits per heavy atom. The summed E-state index contributed by atoms with van der Waals surface area (Å²) in [5.74, 6) is 1.45. The number of rotatable bonds is 5. The Labute approximate surface area is 90.6 Å². The number of hydrogen-bond acceptors (Lipinski definition) is 2. The van der Waals surface area contributed by atoms with E-state index in [1.807, 2.05) is 0 Å². The number of nitrogens with zero attached hydrogens (tertiary/aromatic N) is 1. The Hall–Kier alpha value is -0.770. The molecular weight excluding hydrogens is 192 g/mol. The highest BCUT2D eigenvalue weighted by Gasteiger charge is 2.42. The van der Waals surface area contributed by atoms with Gasteiger partial charge in [-0.2, -0.15) is 0 Å². The number of carbonyl (C=O) groups is 1. The number of carbonyl (C=O) groups excluding carboxylic acids is 1. The van der Waals surface area contributed by atoms with Crippen LogP contribution in [0.4, 0.5) is 4.79 Å². The zero-order valence-electron chi connectivity index (χ0n) is 9.28. The van der Waals surface area contributed by atoms with Crippen molar-refractivity contribution < 1.29 is 9.90 Å². The maximum atomic E-state index is 11.7. The van der Waals surface area contributed by atoms with E-state index in [0.29, 0.717) is 12.6 Å². The van der Waals surface area contributed by atoms with Crippen LogP contribution >= 0.6 is 0 Å². The number of hydrogen-bond donors (Lipinski definition) is 2. The Morgan fingerprint density at radius 2 is 1.93 bits per heavy atom. The quantitative estimate of drug-likeness (QED) is 0.708. The van der Waals surface area contributed by atoms with Crippen LogP contribution in [0.15, 0.2) is 0 Å². The van der Waals surface area contributed by atoms with Crippen LogP contribution in [0, 0.1) is 11.8 Å². The average Bonchev–Trinajstić information content (AvgIpc) is 3.03. The second-order valence-corrected chi connectivity index (χ2v) is 4.80. The summed E-state index contributed by atoms with van der Waals surface area (Å²) in [4.78, 5) is 13.3. The molecule has 4 heteroatoms. The van der Waals surface area contributed by atoms with E-state index in [9.17, 15) is 4.79 Å². The van der Waals surface area contributed by atoms with Gasteiger partial charge in [0.05, 0.1) is 6.61 Å². The molecule has 0 aromatic heterocycles. The minimum absolute atomic E-state index is 0.0292. The molecule has 0 saturated heterocycles. The SMILES string of the molecule is CN(CCO)C(=O)NC(C1CC1)C1CC1. The van der Waals surface area contributed by atoms with Crippen molar-refractivity contribution in [3.63, 3.8) is 0 Å². The van der Waals surface area contributed by atoms with Gasteiger partial charge in [0, 0.05) is 19.6 Å². The largest absolute Gasteiger partial charge is 0.395 e. The maximum Gasteiger partial charge on any atom is 0.317 e. The first-order chi connectivity index (χ1) is 7.22. The summed E-state index contributed by atoms with van der Waals surface area (Å²) in [5, 5.41) is 11.8. The Morgan fingerprint density at radius 1 is 1.40 bits per heavy atom. The predicted molar refractivity (Wildman–Crippen MR) is 57.5 cm³/mol. The number of urea groups is 1. The van der Waals surface area contributed by atoms with Gasteiger partial charge in [0.1, 0.15) is 0 Å². The molecule has 2 amide bonds. The fourth-order valence-corrected chi connectivity index (χ4v) is 2.04. The van der Waals surface area contributed by atoms with Crippen molar-refractivity contribution >= 4 is 6.03 Å². The molecule has 2 aliphatic rings. The molecule has 0 unspecified atom stereocenters. The second kappa shape index (κ2) is 4.39. The van der Waals surface area contributed by atoms with Crippen LogP contribution in [-0.4, -0.2) is 42.3 Å². The van der Waals surface area contributed by atoms with Crippen LogP contribution in [0.2, 0.25) is 0 Å². The van der Waals surface area contributed by atoms with Crippen molar-refractivity contribution in [3.05, 3.63) is 0 Å². The summed E-state index contributed by atoms with van der Waals surface area (Å²) in [6.07, 6.45) is 5.08. The zero-order valence-corrected chi connectivity index (χ0v) is 9.28. The van der Waals surface area contributed by atoms with Gasteiger partial charge in [-0.15, -0.1) is 0 Å². The third-order valence-electron chi connectivity index (χ3n) is 3.33. The van der Waals surface area contributed by atoms with Gasteiger partial charge in [0.2, 0.25) is 0 Å². The third-order valence-corrected chi connectivity index (χ3v) is 3.33. The summed E-state index contributed by atoms with van der Waals surface area (Å²) in [6, 6.07) is 0.367. The molecular formula is C11H20N2O2. The van der Waals surface area contributed by atoms with Gasteiger partial charge >= 0.3 is 6.03 Å². The first-order valence-electron chi connectivity index (χ1n) is 5.85. The third kappa shape index (κ3) is 2.84. The highest BCUT2D eigenvalue weighted by Crippen LogP contribution is 2.44. The zero-order chi connectivity index (χ0) is 10.8. The van der Waals surface area contributed by atoms with Crippen LogP contribution in [-0.2, 0) is 0 Å². The van der Waals surface area contributed by atoms with E-state index < -0.39 is 0 Å². The number of aliphatic hydroxyl groups is 1. The van der Waals surface area contributed by atoms with Gasteiger partial charge in [0.15, 0.2) is 0 Å². The van der Waals surface area contributed by atoms with E-state index in [2.05, 4.69) is 5.32 Å². The van der Waals surface area contributed by atoms with Crippen molar-refractivity contribution in [2.24, 2.45) is 11.8 Å². The summed E-state index contributed by atoms with van der Waals surface area (Å²) in [5.41, 5.74) is 0. The summed E-state index contributed by atoms with van der Waals surface area (Å²) in [7, 11) is 1.72. The molecule has 4 nitrogen and oxygen atoms in total. The first-order valence-corrected chi connectivity index (χ1v) is 5.85. The molecule has 0 bridgehead atoms. The van der Waals surface area contributed by atoms with Crippen LogP contribution in [0.1, 0.15) is 25.7 Å². The fraction of sp³-hybridized carbons (Fsp3) is 0.909. The Kier molecular flexibility index (Phi) is 3.14. The van der Waals surface area contributed by atoms with Gasteiger partial charge in [0.25, 0.3) is 0 Å². The molecule has 2 fully saturated rings. The van der Waals surface area contributed by atoms with Crippen molar-refractivity contribution in [1.82, 2.24) is 10.2 Å². The van der Waals surface area contributed by atoms with Crippen LogP contribution in [0.3, 0.4) is 0 Å². The standard InChI is InChI=1S/C11H20N2O2/c1-13(6-7-14)11(15)12-10(8-2-3-8)9-4-5-9/h8-10,14H,2-7H2,1H3,(H,12,15). The lowest BCUT2D eigenvalue weighted by molar-refractivity contribution is 0.184. The molecule has 86 valence electrons. The van der Waals surface area contributed by atoms with Crippen LogP contribution < -0.4 is 5.32 Å². The minimum atomic E-state index is -0.0344. The minimum Gasteiger partial charge on any atom is -0.395 e. The lowest BCUT2D eigenvalue weighted by Crippen LogP contribution is -2.45. The maximum absolute atomic E-state index is 11.7. The van der Waals surface area contributed by atoms with Gasteiger partial charge in [-0.1, -0.05) is 0 Å². The molecule has 0 aromatic rings. The molecule has 2 saturated carbocycles. The molecule has 2 N–H and O–H groups in total. The van der Waals surface area contributed by atoms with Gasteiger partial charge in [-0.05, 0) is 37.5 Å². The number of aliphatic hydroxyl groups excluding tert-OH is 1. The average molecular weight is 212 g/mol. The van der Waals surface area contributed by atoms with Crippen LogP contribution in [0.5, 0.6) is 0 Å². The summed E-state index contributed by atoms with van der Waals surface area (Å²) >= 11 is 0. The molecule has 0 radical (unpaired) electrons. The molecule has 0 spiro atoms. The van der Waals surface area contributed by atoms with E-state index in [4.69, 9.17) is 5.11 Å². The number of amides is 2. The fourth-order valence-electron chi connectivity index (χ4n) is 2.04. The van der Waals surface area contributed by atoms with E-state index in [1.165, 1.54) is 25.7 Å². The van der Waals surface area contributed by atoms with Gasteiger partial charge < -0.3 is 15.3 Å². The second-order valence-electron chi connectivity index (χ2n) is 4.80. The van der Waals surface area contributed by atoms with Crippen molar-refractivity contribution in [1.29, 1.82) is 0 Å². The number of nitrogens with one attached hydrogen (secondary N) is 1. The van der Waals surface area contributed by atoms with Gasteiger partial charge in [-0.25, -0.2) is 4.79 Å². The molecule has 0 atom stereocenters. The molecule has 0 heterocycles. The highest BCUT2D eigenvalue weighted by atomic mass is 16.3. The molecule has 2 aliphatic carbocycles. The Bertz CT molecular complexity index is 225. The lowest BCUT2D eigenvalue weighted by atomic mass is 10.1. The van der Waals surface area contributed by atoms with E-state index in [-0.39, 0.29) is 12.6 Å². The first kappa shape index (κ1) is 10.7. The van der Waals surface area contributed by atoms with E-state index in [0.717, 1.165) is 11.8 Å². The van der Waals surface area contributed by atoms with Crippen molar-refractivity contribution in [2.75, 3.05) is 20.2 Å². The smallest absolute Gasteiger partial charge is 0.317 e. The summed E-state index contributed by atoms with van der Waals surface area (Å²) in [6.45, 7) is 0.440. The van der Waals surface area contributed by atoms with E-state index >= 15 is 0 Å². The lowest BCUT2D eigenvalue weighted by Gasteiger charge is -2.22. The van der Waals surface area contributed by atoms with Crippen LogP contribution in [0.25, 0.3) is 0 Å². The monoisotopic (exact) mass is 212 g/mol.